The number of amides is 1. The number of hydrogen-bond donors (Lipinski definition) is 0. The smallest absolute Gasteiger partial charge is 0.260 e. The number of nitrogens with zero attached hydrogens (tertiary/aromatic N) is 3. The van der Waals surface area contributed by atoms with Crippen LogP contribution in [0.15, 0.2) is 24.4 Å². The molecule has 1 saturated heterocycles. The maximum absolute atomic E-state index is 13.7. The van der Waals surface area contributed by atoms with Crippen LogP contribution in [0.4, 0.5) is 4.39 Å². The molecule has 2 heterocycles. The van der Waals surface area contributed by atoms with Crippen molar-refractivity contribution in [1.82, 2.24) is 14.8 Å². The molecule has 1 aromatic carbocycles. The first-order chi connectivity index (χ1) is 13.9. The summed E-state index contributed by atoms with van der Waals surface area (Å²) in [6.07, 6.45) is 1.47. The fraction of sp³-hybridized carbons (Fsp3) is 0.429. The fourth-order valence-corrected chi connectivity index (χ4v) is 3.70. The Labute approximate surface area is 180 Å². The van der Waals surface area contributed by atoms with Gasteiger partial charge in [-0.2, -0.15) is 0 Å². The standard InChI is InChI=1S/C21H24Cl2FN3O2/c1-14-8-19(24)15(2)7-17(14)12-26-3-5-27(6-4-26)20(28)13-29-21-16(10-22)9-18(23)11-25-21/h7-9,11H,3-6,10,12-13H2,1-2H3. The Morgan fingerprint density at radius 1 is 1.14 bits per heavy atom. The second-order valence-corrected chi connectivity index (χ2v) is 7.93. The summed E-state index contributed by atoms with van der Waals surface area (Å²) < 4.78 is 19.2. The van der Waals surface area contributed by atoms with Crippen molar-refractivity contribution in [3.05, 3.63) is 57.5 Å². The summed E-state index contributed by atoms with van der Waals surface area (Å²) in [5.74, 6) is 0.279. The average molecular weight is 440 g/mol. The normalized spacial score (nSPS) is 14.9. The lowest BCUT2D eigenvalue weighted by molar-refractivity contribution is -0.135. The van der Waals surface area contributed by atoms with Crippen LogP contribution in [0.3, 0.4) is 0 Å². The number of halogens is 3. The molecule has 1 aliphatic rings. The van der Waals surface area contributed by atoms with E-state index in [9.17, 15) is 9.18 Å². The Hall–Kier alpha value is -1.89. The molecule has 0 aliphatic carbocycles. The summed E-state index contributed by atoms with van der Waals surface area (Å²) in [5.41, 5.74) is 3.38. The summed E-state index contributed by atoms with van der Waals surface area (Å²) in [5, 5.41) is 0.474. The highest BCUT2D eigenvalue weighted by Crippen LogP contribution is 2.22. The summed E-state index contributed by atoms with van der Waals surface area (Å²) in [6, 6.07) is 5.17. The lowest BCUT2D eigenvalue weighted by Crippen LogP contribution is -2.49. The van der Waals surface area contributed by atoms with Gasteiger partial charge in [0.25, 0.3) is 5.91 Å². The van der Waals surface area contributed by atoms with Crippen molar-refractivity contribution < 1.29 is 13.9 Å². The maximum Gasteiger partial charge on any atom is 0.260 e. The monoisotopic (exact) mass is 439 g/mol. The summed E-state index contributed by atoms with van der Waals surface area (Å²) >= 11 is 11.8. The van der Waals surface area contributed by atoms with Gasteiger partial charge in [-0.25, -0.2) is 9.37 Å². The first kappa shape index (κ1) is 21.8. The van der Waals surface area contributed by atoms with Gasteiger partial charge in [0.05, 0.1) is 10.9 Å². The number of alkyl halides is 1. The number of carbonyl (C=O) groups is 1. The van der Waals surface area contributed by atoms with Crippen LogP contribution in [0.1, 0.15) is 22.3 Å². The zero-order valence-corrected chi connectivity index (χ0v) is 18.1. The minimum atomic E-state index is -0.172. The third kappa shape index (κ3) is 5.59. The van der Waals surface area contributed by atoms with Gasteiger partial charge >= 0.3 is 0 Å². The molecule has 1 fully saturated rings. The van der Waals surface area contributed by atoms with Crippen LogP contribution in [0.2, 0.25) is 5.02 Å². The van der Waals surface area contributed by atoms with Crippen LogP contribution in [-0.4, -0.2) is 53.5 Å². The number of pyridine rings is 1. The van der Waals surface area contributed by atoms with E-state index in [1.54, 1.807) is 24.0 Å². The number of carbonyl (C=O) groups excluding carboxylic acids is 1. The van der Waals surface area contributed by atoms with E-state index in [-0.39, 0.29) is 24.2 Å². The Balaban J connectivity index is 1.50. The Kier molecular flexibility index (Phi) is 7.33. The van der Waals surface area contributed by atoms with Crippen LogP contribution in [-0.2, 0) is 17.2 Å². The van der Waals surface area contributed by atoms with Gasteiger partial charge in [0.1, 0.15) is 5.82 Å². The molecule has 156 valence electrons. The van der Waals surface area contributed by atoms with Gasteiger partial charge in [-0.1, -0.05) is 17.7 Å². The number of ether oxygens (including phenoxy) is 1. The van der Waals surface area contributed by atoms with Crippen LogP contribution in [0.25, 0.3) is 0 Å². The number of piperazine rings is 1. The highest BCUT2D eigenvalue weighted by Gasteiger charge is 2.22. The Morgan fingerprint density at radius 3 is 2.55 bits per heavy atom. The number of benzene rings is 1. The van der Waals surface area contributed by atoms with Gasteiger partial charge < -0.3 is 9.64 Å². The molecule has 0 N–H and O–H groups in total. The molecule has 0 unspecified atom stereocenters. The van der Waals surface area contributed by atoms with Crippen molar-refractivity contribution >= 4 is 29.1 Å². The van der Waals surface area contributed by atoms with E-state index >= 15 is 0 Å². The van der Waals surface area contributed by atoms with Crippen LogP contribution < -0.4 is 4.74 Å². The van der Waals surface area contributed by atoms with E-state index in [0.717, 1.165) is 30.8 Å². The van der Waals surface area contributed by atoms with Crippen LogP contribution >= 0.6 is 23.2 Å². The van der Waals surface area contributed by atoms with Crippen molar-refractivity contribution in [2.24, 2.45) is 0 Å². The van der Waals surface area contributed by atoms with Gasteiger partial charge in [-0.15, -0.1) is 11.6 Å². The molecule has 1 aromatic heterocycles. The predicted molar refractivity (Wildman–Crippen MR) is 112 cm³/mol. The van der Waals surface area contributed by atoms with Gasteiger partial charge in [0.2, 0.25) is 5.88 Å². The molecule has 5 nitrogen and oxygen atoms in total. The summed E-state index contributed by atoms with van der Waals surface area (Å²) in [6.45, 7) is 7.13. The SMILES string of the molecule is Cc1cc(CN2CCN(C(=O)COc3ncc(Cl)cc3CCl)CC2)c(C)cc1F. The van der Waals surface area contributed by atoms with E-state index in [1.165, 1.54) is 6.20 Å². The summed E-state index contributed by atoms with van der Waals surface area (Å²) in [4.78, 5) is 20.7. The zero-order valence-electron chi connectivity index (χ0n) is 16.6. The van der Waals surface area contributed by atoms with Crippen molar-refractivity contribution in [1.29, 1.82) is 0 Å². The maximum atomic E-state index is 13.7. The predicted octanol–water partition coefficient (Wildman–Crippen LogP) is 3.95. The first-order valence-corrected chi connectivity index (χ1v) is 10.4. The molecular formula is C21H24Cl2FN3O2. The Bertz CT molecular complexity index is 886. The number of hydrogen-bond acceptors (Lipinski definition) is 4. The third-order valence-corrected chi connectivity index (χ3v) is 5.60. The fourth-order valence-electron chi connectivity index (χ4n) is 3.32. The van der Waals surface area contributed by atoms with Crippen LogP contribution in [0, 0.1) is 19.7 Å². The number of aryl methyl sites for hydroxylation is 2. The second-order valence-electron chi connectivity index (χ2n) is 7.22. The van der Waals surface area contributed by atoms with E-state index in [2.05, 4.69) is 9.88 Å². The molecule has 8 heteroatoms. The van der Waals surface area contributed by atoms with Crippen molar-refractivity contribution in [3.63, 3.8) is 0 Å². The molecule has 0 radical (unpaired) electrons. The summed E-state index contributed by atoms with van der Waals surface area (Å²) in [7, 11) is 0. The van der Waals surface area contributed by atoms with Crippen LogP contribution in [0.5, 0.6) is 5.88 Å². The molecule has 2 aromatic rings. The van der Waals surface area contributed by atoms with Crippen molar-refractivity contribution in [2.45, 2.75) is 26.3 Å². The molecule has 0 atom stereocenters. The van der Waals surface area contributed by atoms with E-state index < -0.39 is 0 Å². The third-order valence-electron chi connectivity index (χ3n) is 5.10. The van der Waals surface area contributed by atoms with Gasteiger partial charge in [-0.05, 0) is 42.7 Å². The molecule has 29 heavy (non-hydrogen) atoms. The van der Waals surface area contributed by atoms with Gasteiger partial charge in [0, 0.05) is 44.5 Å². The lowest BCUT2D eigenvalue weighted by atomic mass is 10.0. The average Bonchev–Trinajstić information content (AvgIpc) is 2.71. The van der Waals surface area contributed by atoms with Crippen molar-refractivity contribution in [2.75, 3.05) is 32.8 Å². The largest absolute Gasteiger partial charge is 0.467 e. The molecule has 0 saturated carbocycles. The quantitative estimate of drug-likeness (QED) is 0.639. The highest BCUT2D eigenvalue weighted by atomic mass is 35.5. The molecule has 1 amide bonds. The number of aromatic nitrogens is 1. The lowest BCUT2D eigenvalue weighted by Gasteiger charge is -2.35. The zero-order chi connectivity index (χ0) is 21.0. The highest BCUT2D eigenvalue weighted by molar-refractivity contribution is 6.30. The van der Waals surface area contributed by atoms with E-state index in [4.69, 9.17) is 27.9 Å². The minimum absolute atomic E-state index is 0.0873. The number of rotatable bonds is 6. The Morgan fingerprint density at radius 2 is 1.86 bits per heavy atom. The molecule has 0 bridgehead atoms. The van der Waals surface area contributed by atoms with Crippen molar-refractivity contribution in [3.8, 4) is 5.88 Å². The first-order valence-electron chi connectivity index (χ1n) is 9.46. The molecule has 1 aliphatic heterocycles. The molecule has 3 rings (SSSR count). The van der Waals surface area contributed by atoms with Gasteiger partial charge in [0.15, 0.2) is 6.61 Å². The van der Waals surface area contributed by atoms with E-state index in [0.29, 0.717) is 35.1 Å². The second kappa shape index (κ2) is 9.74. The molecular weight excluding hydrogens is 416 g/mol. The minimum Gasteiger partial charge on any atom is -0.467 e. The van der Waals surface area contributed by atoms with E-state index in [1.807, 2.05) is 13.0 Å². The topological polar surface area (TPSA) is 45.7 Å². The molecule has 0 spiro atoms. The van der Waals surface area contributed by atoms with Gasteiger partial charge in [-0.3, -0.25) is 9.69 Å².